The molecule has 3 aromatic rings. The summed E-state index contributed by atoms with van der Waals surface area (Å²) in [5.74, 6) is -0.451. The van der Waals surface area contributed by atoms with Gasteiger partial charge in [-0.2, -0.15) is 5.26 Å². The molecule has 8 nitrogen and oxygen atoms in total. The molecule has 4 N–H and O–H groups in total. The van der Waals surface area contributed by atoms with Gasteiger partial charge in [0.15, 0.2) is 0 Å². The molecule has 0 aliphatic heterocycles. The fraction of sp³-hybridized carbons (Fsp3) is 0.241. The highest BCUT2D eigenvalue weighted by Crippen LogP contribution is 2.25. The second-order valence-corrected chi connectivity index (χ2v) is 8.78. The number of nitrogens with zero attached hydrogens (tertiary/aromatic N) is 2. The van der Waals surface area contributed by atoms with Crippen LogP contribution in [0.25, 0.3) is 11.1 Å². The van der Waals surface area contributed by atoms with E-state index in [4.69, 9.17) is 15.9 Å². The molecule has 37 heavy (non-hydrogen) atoms. The van der Waals surface area contributed by atoms with Gasteiger partial charge in [-0.1, -0.05) is 48.5 Å². The Morgan fingerprint density at radius 1 is 1.08 bits per heavy atom. The van der Waals surface area contributed by atoms with Crippen LogP contribution < -0.4 is 11.1 Å². The van der Waals surface area contributed by atoms with E-state index in [0.717, 1.165) is 16.7 Å². The first-order valence-corrected chi connectivity index (χ1v) is 12.0. The maximum atomic E-state index is 13.5. The van der Waals surface area contributed by atoms with Crippen molar-refractivity contribution in [1.29, 1.82) is 10.7 Å². The molecule has 1 atom stereocenters. The van der Waals surface area contributed by atoms with Gasteiger partial charge in [-0.15, -0.1) is 0 Å². The number of benzene rings is 3. The molecule has 0 unspecified atom stereocenters. The first-order valence-electron chi connectivity index (χ1n) is 12.0. The van der Waals surface area contributed by atoms with E-state index in [1.807, 2.05) is 36.4 Å². The van der Waals surface area contributed by atoms with Gasteiger partial charge in [0.2, 0.25) is 5.91 Å². The van der Waals surface area contributed by atoms with Crippen molar-refractivity contribution in [2.45, 2.75) is 39.3 Å². The maximum Gasteiger partial charge on any atom is 0.410 e. The highest BCUT2D eigenvalue weighted by atomic mass is 16.6. The fourth-order valence-corrected chi connectivity index (χ4v) is 3.97. The number of ether oxygens (including phenoxy) is 1. The number of carbonyl (C=O) groups excluding carboxylic acids is 2. The van der Waals surface area contributed by atoms with E-state index in [2.05, 4.69) is 11.4 Å². The monoisotopic (exact) mass is 497 g/mol. The molecule has 0 fully saturated rings. The standard InChI is InChI=1S/C29H31N5O3/c1-4-34(29(36)37-19(2)3)26(17-20-8-7-10-22(16-20)27(31)32)28(35)33-24-14-12-21(13-15-24)25-11-6-5-9-23(25)18-30/h5-16,19,26H,4,17H2,1-3H3,(H3,31,32)(H,33,35)/t26-/m0/s1. The van der Waals surface area contributed by atoms with Crippen LogP contribution in [-0.2, 0) is 16.0 Å². The first kappa shape index (κ1) is 27.0. The van der Waals surface area contributed by atoms with Gasteiger partial charge in [0, 0.05) is 24.2 Å². The Bertz CT molecular complexity index is 1310. The van der Waals surface area contributed by atoms with E-state index < -0.39 is 12.1 Å². The van der Waals surface area contributed by atoms with Gasteiger partial charge in [-0.3, -0.25) is 15.1 Å². The Morgan fingerprint density at radius 2 is 1.78 bits per heavy atom. The Balaban J connectivity index is 1.88. The molecule has 0 saturated carbocycles. The summed E-state index contributed by atoms with van der Waals surface area (Å²) in [4.78, 5) is 27.8. The van der Waals surface area contributed by atoms with Crippen molar-refractivity contribution in [3.63, 3.8) is 0 Å². The third-order valence-corrected chi connectivity index (χ3v) is 5.77. The van der Waals surface area contributed by atoms with E-state index in [9.17, 15) is 14.9 Å². The van der Waals surface area contributed by atoms with Crippen molar-refractivity contribution in [3.8, 4) is 17.2 Å². The zero-order chi connectivity index (χ0) is 26.9. The molecule has 0 aromatic heterocycles. The van der Waals surface area contributed by atoms with Crippen molar-refractivity contribution in [3.05, 3.63) is 89.5 Å². The van der Waals surface area contributed by atoms with Gasteiger partial charge < -0.3 is 15.8 Å². The van der Waals surface area contributed by atoms with Crippen molar-refractivity contribution < 1.29 is 14.3 Å². The fourth-order valence-electron chi connectivity index (χ4n) is 3.97. The molecule has 0 heterocycles. The molecular weight excluding hydrogens is 466 g/mol. The number of nitriles is 1. The molecular formula is C29H31N5O3. The van der Waals surface area contributed by atoms with Crippen LogP contribution in [0.1, 0.15) is 37.5 Å². The average Bonchev–Trinajstić information content (AvgIpc) is 2.88. The molecule has 190 valence electrons. The minimum atomic E-state index is -0.863. The summed E-state index contributed by atoms with van der Waals surface area (Å²) in [6.07, 6.45) is -0.708. The SMILES string of the molecule is CCN(C(=O)OC(C)C)[C@@H](Cc1cccc(C(=N)N)c1)C(=O)Nc1ccc(-c2ccccc2C#N)cc1. The molecule has 0 saturated heterocycles. The summed E-state index contributed by atoms with van der Waals surface area (Å²) >= 11 is 0. The molecule has 0 spiro atoms. The second-order valence-electron chi connectivity index (χ2n) is 8.78. The number of nitrogens with two attached hydrogens (primary N) is 1. The average molecular weight is 498 g/mol. The number of carbonyl (C=O) groups is 2. The minimum absolute atomic E-state index is 0.0764. The van der Waals surface area contributed by atoms with Crippen LogP contribution in [-0.4, -0.2) is 41.4 Å². The van der Waals surface area contributed by atoms with Crippen molar-refractivity contribution >= 4 is 23.5 Å². The zero-order valence-electron chi connectivity index (χ0n) is 21.2. The van der Waals surface area contributed by atoms with E-state index in [1.165, 1.54) is 4.90 Å². The van der Waals surface area contributed by atoms with Crippen molar-refractivity contribution in [2.24, 2.45) is 5.73 Å². The van der Waals surface area contributed by atoms with Gasteiger partial charge in [0.1, 0.15) is 11.9 Å². The van der Waals surface area contributed by atoms with Crippen LogP contribution in [0.3, 0.4) is 0 Å². The van der Waals surface area contributed by atoms with E-state index in [1.54, 1.807) is 57.2 Å². The van der Waals surface area contributed by atoms with Crippen LogP contribution in [0.5, 0.6) is 0 Å². The van der Waals surface area contributed by atoms with Gasteiger partial charge >= 0.3 is 6.09 Å². The molecule has 0 radical (unpaired) electrons. The van der Waals surface area contributed by atoms with E-state index >= 15 is 0 Å². The number of amides is 2. The van der Waals surface area contributed by atoms with Crippen molar-refractivity contribution in [1.82, 2.24) is 4.90 Å². The molecule has 8 heteroatoms. The number of anilines is 1. The predicted molar refractivity (Wildman–Crippen MR) is 144 cm³/mol. The highest BCUT2D eigenvalue weighted by molar-refractivity contribution is 5.97. The molecule has 0 bridgehead atoms. The number of hydrogen-bond donors (Lipinski definition) is 3. The van der Waals surface area contributed by atoms with Crippen LogP contribution >= 0.6 is 0 Å². The Labute approximate surface area is 217 Å². The van der Waals surface area contributed by atoms with Crippen LogP contribution in [0, 0.1) is 16.7 Å². The molecule has 0 aliphatic rings. The lowest BCUT2D eigenvalue weighted by Crippen LogP contribution is -2.49. The lowest BCUT2D eigenvalue weighted by atomic mass is 10.00. The van der Waals surface area contributed by atoms with Crippen LogP contribution in [0.15, 0.2) is 72.8 Å². The first-order chi connectivity index (χ1) is 17.7. The second kappa shape index (κ2) is 12.4. The maximum absolute atomic E-state index is 13.5. The van der Waals surface area contributed by atoms with Gasteiger partial charge in [-0.25, -0.2) is 4.79 Å². The summed E-state index contributed by atoms with van der Waals surface area (Å²) in [5, 5.41) is 20.0. The number of amidine groups is 1. The predicted octanol–water partition coefficient (Wildman–Crippen LogP) is 4.93. The number of rotatable bonds is 9. The summed E-state index contributed by atoms with van der Waals surface area (Å²) in [5.41, 5.74) is 9.71. The lowest BCUT2D eigenvalue weighted by Gasteiger charge is -2.30. The summed E-state index contributed by atoms with van der Waals surface area (Å²) < 4.78 is 5.40. The normalized spacial score (nSPS) is 11.3. The van der Waals surface area contributed by atoms with E-state index in [0.29, 0.717) is 16.8 Å². The summed E-state index contributed by atoms with van der Waals surface area (Å²) in [7, 11) is 0. The number of nitrogen functional groups attached to an aromatic ring is 1. The van der Waals surface area contributed by atoms with Crippen molar-refractivity contribution in [2.75, 3.05) is 11.9 Å². The number of hydrogen-bond acceptors (Lipinski definition) is 5. The Morgan fingerprint density at radius 3 is 2.41 bits per heavy atom. The Kier molecular flexibility index (Phi) is 9.00. The molecule has 3 rings (SSSR count). The zero-order valence-corrected chi connectivity index (χ0v) is 21.2. The quantitative estimate of drug-likeness (QED) is 0.285. The highest BCUT2D eigenvalue weighted by Gasteiger charge is 2.31. The Hall–Kier alpha value is -4.64. The molecule has 0 aliphatic carbocycles. The van der Waals surface area contributed by atoms with E-state index in [-0.39, 0.29) is 30.8 Å². The number of likely N-dealkylation sites (N-methyl/N-ethyl adjacent to an activating group) is 1. The molecule has 2 amide bonds. The largest absolute Gasteiger partial charge is 0.447 e. The number of nitrogens with one attached hydrogen (secondary N) is 2. The topological polar surface area (TPSA) is 132 Å². The molecule has 3 aromatic carbocycles. The van der Waals surface area contributed by atoms with Gasteiger partial charge in [0.05, 0.1) is 17.7 Å². The van der Waals surface area contributed by atoms with Crippen LogP contribution in [0.4, 0.5) is 10.5 Å². The summed E-state index contributed by atoms with van der Waals surface area (Å²) in [6.45, 7) is 5.56. The van der Waals surface area contributed by atoms with Crippen LogP contribution in [0.2, 0.25) is 0 Å². The minimum Gasteiger partial charge on any atom is -0.447 e. The van der Waals surface area contributed by atoms with Gasteiger partial charge in [-0.05, 0) is 61.7 Å². The van der Waals surface area contributed by atoms with Gasteiger partial charge in [0.25, 0.3) is 0 Å². The lowest BCUT2D eigenvalue weighted by molar-refractivity contribution is -0.121. The smallest absolute Gasteiger partial charge is 0.410 e. The third kappa shape index (κ3) is 6.95. The third-order valence-electron chi connectivity index (χ3n) is 5.77. The summed E-state index contributed by atoms with van der Waals surface area (Å²) in [6, 6.07) is 22.9.